The molecule has 3 N–H and O–H groups in total. The van der Waals surface area contributed by atoms with Gasteiger partial charge in [-0.25, -0.2) is 4.79 Å². The minimum absolute atomic E-state index is 0.222. The number of carbonyl (C=O) groups excluding carboxylic acids is 1. The number of amides is 1. The van der Waals surface area contributed by atoms with Crippen molar-refractivity contribution in [2.45, 2.75) is 19.1 Å². The third-order valence-electron chi connectivity index (χ3n) is 1.52. The van der Waals surface area contributed by atoms with Crippen LogP contribution in [0.2, 0.25) is 0 Å². The zero-order valence-corrected chi connectivity index (χ0v) is 9.29. The van der Waals surface area contributed by atoms with Crippen molar-refractivity contribution < 1.29 is 19.8 Å². The van der Waals surface area contributed by atoms with Crippen molar-refractivity contribution >= 4 is 23.6 Å². The maximum atomic E-state index is 10.7. The van der Waals surface area contributed by atoms with Crippen LogP contribution in [0, 0.1) is 0 Å². The topological polar surface area (TPSA) is 86.6 Å². The molecule has 0 radical (unpaired) electrons. The van der Waals surface area contributed by atoms with Gasteiger partial charge < -0.3 is 15.5 Å². The number of aliphatic hydroxyl groups is 1. The lowest BCUT2D eigenvalue weighted by Crippen LogP contribution is -2.41. The molecule has 0 fully saturated rings. The first-order valence-corrected chi connectivity index (χ1v) is 5.51. The third-order valence-corrected chi connectivity index (χ3v) is 2.67. The van der Waals surface area contributed by atoms with E-state index in [0.29, 0.717) is 5.75 Å². The predicted molar refractivity (Wildman–Crippen MR) is 58.8 cm³/mol. The second-order valence-electron chi connectivity index (χ2n) is 2.93. The van der Waals surface area contributed by atoms with Gasteiger partial charge in [0.15, 0.2) is 0 Å². The zero-order chi connectivity index (χ0) is 11.8. The molecule has 0 saturated carbocycles. The number of nitrogens with one attached hydrogen (secondary N) is 1. The quantitative estimate of drug-likeness (QED) is 0.325. The molecule has 2 atom stereocenters. The number of aliphatic hydroxyl groups excluding tert-OH is 1. The Bertz CT molecular complexity index is 244. The van der Waals surface area contributed by atoms with Gasteiger partial charge in [-0.15, -0.1) is 6.58 Å². The molecule has 0 aliphatic rings. The molecule has 86 valence electrons. The molecule has 0 rings (SSSR count). The monoisotopic (exact) mass is 236 g/mol. The van der Waals surface area contributed by atoms with Crippen LogP contribution in [0.25, 0.3) is 0 Å². The molecule has 0 aromatic rings. The highest BCUT2D eigenvalue weighted by Crippen LogP contribution is 2.06. The van der Waals surface area contributed by atoms with Gasteiger partial charge in [-0.05, 0) is 0 Å². The molecule has 0 aliphatic heterocycles. The van der Waals surface area contributed by atoms with Gasteiger partial charge >= 0.3 is 5.97 Å². The first kappa shape index (κ1) is 14.0. The van der Waals surface area contributed by atoms with Gasteiger partial charge in [0.1, 0.15) is 6.04 Å². The number of carbonyl (C=O) groups is 2. The van der Waals surface area contributed by atoms with E-state index in [9.17, 15) is 9.59 Å². The zero-order valence-electron chi connectivity index (χ0n) is 8.47. The standard InChI is InChI=1S/C9H15NO4S/c1-3-7(12)4-15-5-8(9(13)14)10-6(2)11/h3,7-8,12H,1,4-5H2,2H3,(H,10,11)(H,13,14)/i5+1,8+1,10+1. The van der Waals surface area contributed by atoms with Crippen molar-refractivity contribution in [1.82, 2.24) is 5.32 Å². The Hall–Kier alpha value is -1.01. The van der Waals surface area contributed by atoms with Crippen LogP contribution in [-0.2, 0) is 9.59 Å². The highest BCUT2D eigenvalue weighted by molar-refractivity contribution is 7.99. The van der Waals surface area contributed by atoms with Gasteiger partial charge in [0, 0.05) is 18.4 Å². The van der Waals surface area contributed by atoms with E-state index >= 15 is 0 Å². The van der Waals surface area contributed by atoms with E-state index in [0.717, 1.165) is 0 Å². The number of carboxylic acid groups (broad SMARTS) is 1. The first-order valence-electron chi connectivity index (χ1n) is 4.35. The van der Waals surface area contributed by atoms with Crippen LogP contribution in [-0.4, -0.2) is 45.7 Å². The van der Waals surface area contributed by atoms with E-state index in [-0.39, 0.29) is 11.7 Å². The average Bonchev–Trinajstić information content (AvgIpc) is 2.15. The lowest BCUT2D eigenvalue weighted by atomic mass is 10.4. The fourth-order valence-corrected chi connectivity index (χ4v) is 1.77. The normalized spacial score (nSPS) is 14.0. The Morgan fingerprint density at radius 2 is 2.13 bits per heavy atom. The van der Waals surface area contributed by atoms with Crippen LogP contribution >= 0.6 is 11.8 Å². The molecule has 5 nitrogen and oxygen atoms in total. The van der Waals surface area contributed by atoms with Gasteiger partial charge in [-0.3, -0.25) is 4.79 Å². The van der Waals surface area contributed by atoms with Crippen molar-refractivity contribution in [3.05, 3.63) is 12.7 Å². The van der Waals surface area contributed by atoms with Crippen LogP contribution in [0.4, 0.5) is 0 Å². The van der Waals surface area contributed by atoms with Gasteiger partial charge in [0.25, 0.3) is 0 Å². The summed E-state index contributed by atoms with van der Waals surface area (Å²) >= 11 is 1.25. The van der Waals surface area contributed by atoms with Crippen LogP contribution in [0.15, 0.2) is 12.7 Å². The molecular weight excluding hydrogens is 221 g/mol. The highest BCUT2D eigenvalue weighted by atomic mass is 32.2. The van der Waals surface area contributed by atoms with Crippen LogP contribution in [0.1, 0.15) is 6.92 Å². The van der Waals surface area contributed by atoms with Crippen molar-refractivity contribution in [3.8, 4) is 0 Å². The summed E-state index contributed by atoms with van der Waals surface area (Å²) in [7, 11) is 0. The molecule has 0 aromatic heterocycles. The molecule has 0 spiro atoms. The Morgan fingerprint density at radius 3 is 2.53 bits per heavy atom. The summed E-state index contributed by atoms with van der Waals surface area (Å²) in [6.07, 6.45) is 0.725. The number of thioether (sulfide) groups is 1. The fourth-order valence-electron chi connectivity index (χ4n) is 0.795. The van der Waals surface area contributed by atoms with E-state index in [2.05, 4.69) is 11.9 Å². The van der Waals surface area contributed by atoms with Crippen LogP contribution in [0.5, 0.6) is 0 Å². The summed E-state index contributed by atoms with van der Waals surface area (Å²) in [4.78, 5) is 21.3. The first-order chi connectivity index (χ1) is 6.97. The van der Waals surface area contributed by atoms with Crippen molar-refractivity contribution in [2.24, 2.45) is 0 Å². The summed E-state index contributed by atoms with van der Waals surface area (Å²) < 4.78 is 0. The lowest BCUT2D eigenvalue weighted by molar-refractivity contribution is -0.140. The molecule has 6 heteroatoms. The molecule has 0 aliphatic carbocycles. The van der Waals surface area contributed by atoms with Gasteiger partial charge in [0.05, 0.1) is 6.10 Å². The lowest BCUT2D eigenvalue weighted by Gasteiger charge is -2.13. The minimum atomic E-state index is -1.08. The van der Waals surface area contributed by atoms with Crippen molar-refractivity contribution in [1.29, 1.82) is 0 Å². The Morgan fingerprint density at radius 1 is 1.53 bits per heavy atom. The molecule has 0 heterocycles. The second-order valence-corrected chi connectivity index (χ2v) is 4.01. The summed E-state index contributed by atoms with van der Waals surface area (Å²) in [6.45, 7) is 4.66. The van der Waals surface area contributed by atoms with Gasteiger partial charge in [-0.2, -0.15) is 11.8 Å². The molecule has 0 aromatic carbocycles. The molecule has 2 unspecified atom stereocenters. The number of aliphatic carboxylic acids is 1. The van der Waals surface area contributed by atoms with E-state index in [4.69, 9.17) is 10.2 Å². The third kappa shape index (κ3) is 6.98. The summed E-state index contributed by atoms with van der Waals surface area (Å²) in [5.74, 6) is -0.870. The average molecular weight is 236 g/mol. The molecule has 15 heavy (non-hydrogen) atoms. The number of rotatable bonds is 7. The van der Waals surface area contributed by atoms with Gasteiger partial charge in [-0.1, -0.05) is 6.08 Å². The van der Waals surface area contributed by atoms with E-state index in [1.54, 1.807) is 0 Å². The molecule has 1 amide bonds. The fraction of sp³-hybridized carbons (Fsp3) is 0.556. The summed E-state index contributed by atoms with van der Waals surface area (Å²) in [5.41, 5.74) is 0. The van der Waals surface area contributed by atoms with Crippen LogP contribution in [0.3, 0.4) is 0 Å². The Balaban J connectivity index is 3.91. The van der Waals surface area contributed by atoms with E-state index in [1.165, 1.54) is 24.8 Å². The van der Waals surface area contributed by atoms with E-state index in [1.807, 2.05) is 0 Å². The minimum Gasteiger partial charge on any atom is -0.480 e. The smallest absolute Gasteiger partial charge is 0.327 e. The highest BCUT2D eigenvalue weighted by Gasteiger charge is 2.18. The van der Waals surface area contributed by atoms with Crippen LogP contribution < -0.4 is 5.32 Å². The number of hydrogen-bond donors (Lipinski definition) is 3. The maximum absolute atomic E-state index is 10.7. The molecular formula is C9H15NO4S. The van der Waals surface area contributed by atoms with E-state index < -0.39 is 18.1 Å². The number of hydrogen-bond acceptors (Lipinski definition) is 4. The maximum Gasteiger partial charge on any atom is 0.327 e. The molecule has 0 bridgehead atoms. The van der Waals surface area contributed by atoms with Gasteiger partial charge in [0.2, 0.25) is 5.91 Å². The molecule has 0 saturated heterocycles. The number of carboxylic acids is 1. The van der Waals surface area contributed by atoms with Crippen molar-refractivity contribution in [3.63, 3.8) is 0 Å². The Kier molecular flexibility index (Phi) is 6.81. The predicted octanol–water partition coefficient (Wildman–Crippen LogP) is -0.144. The largest absolute Gasteiger partial charge is 0.480 e. The summed E-state index contributed by atoms with van der Waals surface area (Å²) in [6, 6.07) is -0.912. The SMILES string of the molecule is C=CC(O)CS[13CH2][13CH]([15NH]C(C)=O)C(=O)O. The second kappa shape index (κ2) is 7.30. The van der Waals surface area contributed by atoms with Crippen molar-refractivity contribution in [2.75, 3.05) is 11.5 Å². The summed E-state index contributed by atoms with van der Waals surface area (Å²) in [5, 5.41) is 20.2. The Labute approximate surface area is 92.6 Å².